The van der Waals surface area contributed by atoms with E-state index in [2.05, 4.69) is 5.32 Å². The minimum absolute atomic E-state index is 0.159. The number of carbonyl (C=O) groups excluding carboxylic acids is 1. The van der Waals surface area contributed by atoms with E-state index in [1.54, 1.807) is 26.0 Å². The Kier molecular flexibility index (Phi) is 4.90. The molecule has 0 saturated heterocycles. The quantitative estimate of drug-likeness (QED) is 0.916. The second-order valence-electron chi connectivity index (χ2n) is 4.11. The van der Waals surface area contributed by atoms with Crippen LogP contribution in [0.2, 0.25) is 0 Å². The molecule has 106 valence electrons. The van der Waals surface area contributed by atoms with Gasteiger partial charge < -0.3 is 4.74 Å². The molecule has 0 spiro atoms. The third-order valence-electron chi connectivity index (χ3n) is 2.47. The minimum Gasteiger partial charge on any atom is -0.450 e. The molecular weight excluding hydrogens is 268 g/mol. The summed E-state index contributed by atoms with van der Waals surface area (Å²) < 4.78 is 30.1. The molecule has 19 heavy (non-hydrogen) atoms. The molecule has 0 saturated carbocycles. The van der Waals surface area contributed by atoms with Gasteiger partial charge in [-0.25, -0.2) is 17.5 Å². The average molecular weight is 286 g/mol. The number of anilines is 1. The normalized spacial score (nSPS) is 11.4. The Morgan fingerprint density at radius 1 is 1.37 bits per heavy atom. The van der Waals surface area contributed by atoms with Crippen LogP contribution in [0.1, 0.15) is 12.5 Å². The summed E-state index contributed by atoms with van der Waals surface area (Å²) in [5, 5.41) is 2.48. The number of aryl methyl sites for hydroxylation is 1. The lowest BCUT2D eigenvalue weighted by atomic mass is 10.2. The smallest absolute Gasteiger partial charge is 0.411 e. The molecule has 0 fully saturated rings. The largest absolute Gasteiger partial charge is 0.450 e. The van der Waals surface area contributed by atoms with Gasteiger partial charge in [0, 0.05) is 19.8 Å². The number of hydrogen-bond donors (Lipinski definition) is 1. The molecule has 7 heteroatoms. The summed E-state index contributed by atoms with van der Waals surface area (Å²) in [5.74, 6) is 0. The van der Waals surface area contributed by atoms with Crippen molar-refractivity contribution in [1.29, 1.82) is 0 Å². The zero-order valence-electron chi connectivity index (χ0n) is 11.4. The lowest BCUT2D eigenvalue weighted by Crippen LogP contribution is -2.23. The van der Waals surface area contributed by atoms with Crippen LogP contribution in [0.4, 0.5) is 10.5 Å². The molecule has 0 aromatic heterocycles. The number of benzene rings is 1. The van der Waals surface area contributed by atoms with Gasteiger partial charge in [0.05, 0.1) is 11.5 Å². The Bertz CT molecular complexity index is 567. The predicted molar refractivity (Wildman–Crippen MR) is 72.7 cm³/mol. The van der Waals surface area contributed by atoms with Gasteiger partial charge in [-0.05, 0) is 31.5 Å². The maximum Gasteiger partial charge on any atom is 0.411 e. The number of nitrogens with zero attached hydrogens (tertiary/aromatic N) is 1. The molecule has 0 aliphatic carbocycles. The number of sulfonamides is 1. The molecule has 0 aliphatic rings. The van der Waals surface area contributed by atoms with E-state index in [4.69, 9.17) is 4.74 Å². The Balaban J connectivity index is 3.12. The predicted octanol–water partition coefficient (Wildman–Crippen LogP) is 1.81. The molecule has 6 nitrogen and oxygen atoms in total. The lowest BCUT2D eigenvalue weighted by Gasteiger charge is -2.15. The van der Waals surface area contributed by atoms with Gasteiger partial charge in [-0.2, -0.15) is 0 Å². The fourth-order valence-electron chi connectivity index (χ4n) is 1.44. The summed E-state index contributed by atoms with van der Waals surface area (Å²) in [6.45, 7) is 3.64. The van der Waals surface area contributed by atoms with Crippen LogP contribution < -0.4 is 5.32 Å². The Morgan fingerprint density at radius 2 is 2.00 bits per heavy atom. The molecule has 0 bridgehead atoms. The Labute approximate surface area is 113 Å². The van der Waals surface area contributed by atoms with Gasteiger partial charge in [0.2, 0.25) is 10.0 Å². The molecule has 0 aliphatic heterocycles. The van der Waals surface area contributed by atoms with Crippen molar-refractivity contribution in [2.24, 2.45) is 0 Å². The third kappa shape index (κ3) is 3.68. The first-order valence-electron chi connectivity index (χ1n) is 5.76. The molecule has 1 N–H and O–H groups in total. The summed E-state index contributed by atoms with van der Waals surface area (Å²) in [5.41, 5.74) is 0.993. The van der Waals surface area contributed by atoms with E-state index in [1.165, 1.54) is 20.2 Å². The summed E-state index contributed by atoms with van der Waals surface area (Å²) >= 11 is 0. The van der Waals surface area contributed by atoms with Gasteiger partial charge in [0.15, 0.2) is 0 Å². The van der Waals surface area contributed by atoms with Crippen molar-refractivity contribution in [2.75, 3.05) is 26.0 Å². The van der Waals surface area contributed by atoms with E-state index in [9.17, 15) is 13.2 Å². The maximum atomic E-state index is 12.1. The first-order chi connectivity index (χ1) is 8.78. The highest BCUT2D eigenvalue weighted by molar-refractivity contribution is 7.89. The molecule has 0 heterocycles. The van der Waals surface area contributed by atoms with Crippen molar-refractivity contribution in [3.8, 4) is 0 Å². The van der Waals surface area contributed by atoms with Gasteiger partial charge in [0.1, 0.15) is 0 Å². The van der Waals surface area contributed by atoms with Crippen LogP contribution in [0, 0.1) is 6.92 Å². The van der Waals surface area contributed by atoms with Gasteiger partial charge >= 0.3 is 6.09 Å². The van der Waals surface area contributed by atoms with Crippen LogP contribution in [0.15, 0.2) is 23.1 Å². The van der Waals surface area contributed by atoms with E-state index < -0.39 is 16.1 Å². The second kappa shape index (κ2) is 6.03. The van der Waals surface area contributed by atoms with Crippen molar-refractivity contribution in [3.05, 3.63) is 23.8 Å². The van der Waals surface area contributed by atoms with Crippen molar-refractivity contribution in [2.45, 2.75) is 18.7 Å². The van der Waals surface area contributed by atoms with Crippen LogP contribution in [0.25, 0.3) is 0 Å². The van der Waals surface area contributed by atoms with Crippen molar-refractivity contribution >= 4 is 21.8 Å². The van der Waals surface area contributed by atoms with Gasteiger partial charge in [0.25, 0.3) is 0 Å². The van der Waals surface area contributed by atoms with Crippen molar-refractivity contribution < 1.29 is 17.9 Å². The number of carbonyl (C=O) groups is 1. The SMILES string of the molecule is CCOC(=O)Nc1ccc(C)c(S(=O)(=O)N(C)C)c1. The maximum absolute atomic E-state index is 12.1. The van der Waals surface area contributed by atoms with Crippen molar-refractivity contribution in [3.63, 3.8) is 0 Å². The highest BCUT2D eigenvalue weighted by atomic mass is 32.2. The summed E-state index contributed by atoms with van der Waals surface area (Å²) in [7, 11) is -0.620. The fourth-order valence-corrected chi connectivity index (χ4v) is 2.58. The molecule has 1 aromatic rings. The lowest BCUT2D eigenvalue weighted by molar-refractivity contribution is 0.168. The van der Waals surface area contributed by atoms with Crippen LogP contribution in [0.5, 0.6) is 0 Å². The highest BCUT2D eigenvalue weighted by Gasteiger charge is 2.20. The number of hydrogen-bond acceptors (Lipinski definition) is 4. The first kappa shape index (κ1) is 15.5. The third-order valence-corrected chi connectivity index (χ3v) is 4.43. The summed E-state index contributed by atoms with van der Waals surface area (Å²) in [4.78, 5) is 11.5. The minimum atomic E-state index is -3.54. The molecule has 1 aromatic carbocycles. The molecule has 0 radical (unpaired) electrons. The van der Waals surface area contributed by atoms with Gasteiger partial charge in [-0.1, -0.05) is 6.07 Å². The van der Waals surface area contributed by atoms with Crippen molar-refractivity contribution in [1.82, 2.24) is 4.31 Å². The number of ether oxygens (including phenoxy) is 1. The van der Waals surface area contributed by atoms with Crippen LogP contribution in [-0.2, 0) is 14.8 Å². The Morgan fingerprint density at radius 3 is 2.53 bits per heavy atom. The Hall–Kier alpha value is -1.60. The monoisotopic (exact) mass is 286 g/mol. The van der Waals surface area contributed by atoms with E-state index in [0.29, 0.717) is 11.3 Å². The average Bonchev–Trinajstić information content (AvgIpc) is 2.31. The number of rotatable bonds is 4. The molecular formula is C12H18N2O4S. The second-order valence-corrected chi connectivity index (χ2v) is 6.23. The van der Waals surface area contributed by atoms with E-state index in [1.807, 2.05) is 0 Å². The zero-order valence-corrected chi connectivity index (χ0v) is 12.2. The summed E-state index contributed by atoms with van der Waals surface area (Å²) in [6, 6.07) is 4.68. The topological polar surface area (TPSA) is 75.7 Å². The zero-order chi connectivity index (χ0) is 14.6. The summed E-state index contributed by atoms with van der Waals surface area (Å²) in [6.07, 6.45) is -0.612. The van der Waals surface area contributed by atoms with E-state index in [0.717, 1.165) is 4.31 Å². The van der Waals surface area contributed by atoms with Gasteiger partial charge in [-0.3, -0.25) is 5.32 Å². The van der Waals surface area contributed by atoms with E-state index >= 15 is 0 Å². The van der Waals surface area contributed by atoms with Crippen LogP contribution >= 0.6 is 0 Å². The number of nitrogens with one attached hydrogen (secondary N) is 1. The number of amides is 1. The molecule has 1 rings (SSSR count). The van der Waals surface area contributed by atoms with Crippen LogP contribution in [-0.4, -0.2) is 39.5 Å². The molecule has 1 amide bonds. The molecule has 0 atom stereocenters. The fraction of sp³-hybridized carbons (Fsp3) is 0.417. The van der Waals surface area contributed by atoms with E-state index in [-0.39, 0.29) is 11.5 Å². The van der Waals surface area contributed by atoms with Gasteiger partial charge in [-0.15, -0.1) is 0 Å². The molecule has 0 unspecified atom stereocenters. The standard InChI is InChI=1S/C12H18N2O4S/c1-5-18-12(15)13-10-7-6-9(2)11(8-10)19(16,17)14(3)4/h6-8H,5H2,1-4H3,(H,13,15). The first-order valence-corrected chi connectivity index (χ1v) is 7.20. The highest BCUT2D eigenvalue weighted by Crippen LogP contribution is 2.22. The van der Waals surface area contributed by atoms with Crippen LogP contribution in [0.3, 0.4) is 0 Å².